The van der Waals surface area contributed by atoms with Crippen LogP contribution in [0.5, 0.6) is 0 Å². The van der Waals surface area contributed by atoms with Crippen LogP contribution in [0.1, 0.15) is 16.8 Å². The fraction of sp³-hybridized carbons (Fsp3) is 0.385. The third-order valence-corrected chi connectivity index (χ3v) is 2.51. The van der Waals surface area contributed by atoms with Crippen LogP contribution in [-0.2, 0) is 4.74 Å². The van der Waals surface area contributed by atoms with Crippen LogP contribution in [0.25, 0.3) is 0 Å². The summed E-state index contributed by atoms with van der Waals surface area (Å²) in [5, 5.41) is 8.58. The van der Waals surface area contributed by atoms with Crippen molar-refractivity contribution in [2.75, 3.05) is 32.5 Å². The van der Waals surface area contributed by atoms with Gasteiger partial charge in [0, 0.05) is 31.5 Å². The second kappa shape index (κ2) is 7.34. The molecule has 1 amide bonds. The molecular weight excluding hydrogens is 249 g/mol. The second-order valence-corrected chi connectivity index (χ2v) is 3.97. The van der Waals surface area contributed by atoms with Gasteiger partial charge in [0.1, 0.15) is 5.82 Å². The van der Waals surface area contributed by atoms with E-state index in [2.05, 4.69) is 0 Å². The van der Waals surface area contributed by atoms with E-state index in [1.807, 2.05) is 6.07 Å². The first-order chi connectivity index (χ1) is 9.08. The van der Waals surface area contributed by atoms with E-state index in [1.165, 1.54) is 18.1 Å². The molecule has 1 rings (SSSR count). The average molecular weight is 265 g/mol. The molecule has 0 saturated heterocycles. The third-order valence-electron chi connectivity index (χ3n) is 2.51. The summed E-state index contributed by atoms with van der Waals surface area (Å²) in [4.78, 5) is 13.6. The highest BCUT2D eigenvalue weighted by atomic mass is 19.1. The van der Waals surface area contributed by atoms with E-state index in [0.717, 1.165) is 12.1 Å². The lowest BCUT2D eigenvalue weighted by atomic mass is 10.1. The Kier molecular flexibility index (Phi) is 5.76. The Hall–Kier alpha value is -2.13. The van der Waals surface area contributed by atoms with Crippen LogP contribution < -0.4 is 5.73 Å². The molecule has 0 fully saturated rings. The van der Waals surface area contributed by atoms with Crippen LogP contribution in [-0.4, -0.2) is 37.6 Å². The number of nitrogen functional groups attached to an aromatic ring is 1. The Labute approximate surface area is 111 Å². The molecule has 1 aromatic rings. The lowest BCUT2D eigenvalue weighted by Crippen LogP contribution is -2.34. The number of methoxy groups -OCH3 is 1. The van der Waals surface area contributed by atoms with Gasteiger partial charge in [-0.05, 0) is 18.2 Å². The van der Waals surface area contributed by atoms with Crippen LogP contribution in [0.4, 0.5) is 10.1 Å². The Morgan fingerprint density at radius 2 is 2.21 bits per heavy atom. The fourth-order valence-corrected chi connectivity index (χ4v) is 1.62. The van der Waals surface area contributed by atoms with Crippen molar-refractivity contribution in [1.82, 2.24) is 4.90 Å². The van der Waals surface area contributed by atoms with Gasteiger partial charge >= 0.3 is 0 Å². The number of halogens is 1. The van der Waals surface area contributed by atoms with Crippen molar-refractivity contribution in [3.63, 3.8) is 0 Å². The van der Waals surface area contributed by atoms with Crippen LogP contribution in [0.3, 0.4) is 0 Å². The number of anilines is 1. The summed E-state index contributed by atoms with van der Waals surface area (Å²) in [5.41, 5.74) is 5.87. The SMILES string of the molecule is COCCN(CCC#N)C(=O)c1cc(N)cc(F)c1. The lowest BCUT2D eigenvalue weighted by molar-refractivity contribution is 0.0699. The average Bonchev–Trinajstić information content (AvgIpc) is 2.37. The smallest absolute Gasteiger partial charge is 0.254 e. The molecule has 0 saturated carbocycles. The standard InChI is InChI=1S/C13H16FN3O2/c1-19-6-5-17(4-2-3-15)13(18)10-7-11(14)9-12(16)8-10/h7-9H,2,4-6,16H2,1H3. The van der Waals surface area contributed by atoms with E-state index < -0.39 is 5.82 Å². The summed E-state index contributed by atoms with van der Waals surface area (Å²) in [6, 6.07) is 5.66. The number of carbonyl (C=O) groups excluding carboxylic acids is 1. The van der Waals surface area contributed by atoms with Gasteiger partial charge in [-0.25, -0.2) is 4.39 Å². The molecule has 0 aromatic heterocycles. The topological polar surface area (TPSA) is 79.3 Å². The number of hydrogen-bond acceptors (Lipinski definition) is 4. The van der Waals surface area contributed by atoms with Gasteiger partial charge in [-0.2, -0.15) is 5.26 Å². The summed E-state index contributed by atoms with van der Waals surface area (Å²) >= 11 is 0. The monoisotopic (exact) mass is 265 g/mol. The summed E-state index contributed by atoms with van der Waals surface area (Å²) < 4.78 is 18.1. The van der Waals surface area contributed by atoms with E-state index in [1.54, 1.807) is 0 Å². The van der Waals surface area contributed by atoms with E-state index in [-0.39, 0.29) is 30.1 Å². The minimum Gasteiger partial charge on any atom is -0.399 e. The second-order valence-electron chi connectivity index (χ2n) is 3.97. The van der Waals surface area contributed by atoms with Crippen molar-refractivity contribution < 1.29 is 13.9 Å². The molecule has 0 atom stereocenters. The maximum absolute atomic E-state index is 13.2. The first-order valence-corrected chi connectivity index (χ1v) is 5.79. The molecule has 19 heavy (non-hydrogen) atoms. The summed E-state index contributed by atoms with van der Waals surface area (Å²) in [6.45, 7) is 0.963. The zero-order chi connectivity index (χ0) is 14.3. The van der Waals surface area contributed by atoms with E-state index >= 15 is 0 Å². The summed E-state index contributed by atoms with van der Waals surface area (Å²) in [6.07, 6.45) is 0.209. The van der Waals surface area contributed by atoms with Crippen molar-refractivity contribution in [2.24, 2.45) is 0 Å². The highest BCUT2D eigenvalue weighted by molar-refractivity contribution is 5.95. The Morgan fingerprint density at radius 3 is 2.79 bits per heavy atom. The number of nitrogens with two attached hydrogens (primary N) is 1. The van der Waals surface area contributed by atoms with Crippen molar-refractivity contribution in [3.8, 4) is 6.07 Å². The number of nitrogens with zero attached hydrogens (tertiary/aromatic N) is 2. The van der Waals surface area contributed by atoms with Gasteiger partial charge in [0.15, 0.2) is 0 Å². The van der Waals surface area contributed by atoms with Gasteiger partial charge in [0.2, 0.25) is 0 Å². The number of nitriles is 1. The van der Waals surface area contributed by atoms with Crippen molar-refractivity contribution in [3.05, 3.63) is 29.6 Å². The van der Waals surface area contributed by atoms with Gasteiger partial charge in [0.05, 0.1) is 19.1 Å². The predicted octanol–water partition coefficient (Wildman–Crippen LogP) is 1.41. The quantitative estimate of drug-likeness (QED) is 0.789. The molecule has 0 radical (unpaired) electrons. The number of hydrogen-bond donors (Lipinski definition) is 1. The zero-order valence-electron chi connectivity index (χ0n) is 10.7. The summed E-state index contributed by atoms with van der Waals surface area (Å²) in [7, 11) is 1.52. The molecular formula is C13H16FN3O2. The minimum absolute atomic E-state index is 0.173. The van der Waals surface area contributed by atoms with Gasteiger partial charge in [0.25, 0.3) is 5.91 Å². The molecule has 2 N–H and O–H groups in total. The van der Waals surface area contributed by atoms with Gasteiger partial charge < -0.3 is 15.4 Å². The lowest BCUT2D eigenvalue weighted by Gasteiger charge is -2.21. The first kappa shape index (κ1) is 14.9. The molecule has 0 spiro atoms. The highest BCUT2D eigenvalue weighted by Gasteiger charge is 2.16. The normalized spacial score (nSPS) is 9.95. The Balaban J connectivity index is 2.87. The largest absolute Gasteiger partial charge is 0.399 e. The molecule has 6 heteroatoms. The zero-order valence-corrected chi connectivity index (χ0v) is 10.7. The maximum atomic E-state index is 13.2. The number of amides is 1. The molecule has 0 aliphatic rings. The first-order valence-electron chi connectivity index (χ1n) is 5.79. The molecule has 0 aliphatic heterocycles. The van der Waals surface area contributed by atoms with Crippen LogP contribution >= 0.6 is 0 Å². The maximum Gasteiger partial charge on any atom is 0.254 e. The molecule has 102 valence electrons. The Bertz CT molecular complexity index is 465. The minimum atomic E-state index is -0.560. The van der Waals surface area contributed by atoms with Crippen molar-refractivity contribution in [2.45, 2.75) is 6.42 Å². The van der Waals surface area contributed by atoms with E-state index in [4.69, 9.17) is 15.7 Å². The van der Waals surface area contributed by atoms with Crippen LogP contribution in [0, 0.1) is 17.1 Å². The number of carbonyl (C=O) groups is 1. The van der Waals surface area contributed by atoms with Crippen LogP contribution in [0.15, 0.2) is 18.2 Å². The molecule has 0 unspecified atom stereocenters. The number of ether oxygens (including phenoxy) is 1. The molecule has 0 bridgehead atoms. The van der Waals surface area contributed by atoms with E-state index in [9.17, 15) is 9.18 Å². The molecule has 5 nitrogen and oxygen atoms in total. The molecule has 1 aromatic carbocycles. The Morgan fingerprint density at radius 1 is 1.47 bits per heavy atom. The van der Waals surface area contributed by atoms with Crippen molar-refractivity contribution in [1.29, 1.82) is 5.26 Å². The predicted molar refractivity (Wildman–Crippen MR) is 68.8 cm³/mol. The van der Waals surface area contributed by atoms with Gasteiger partial charge in [-0.3, -0.25) is 4.79 Å². The van der Waals surface area contributed by atoms with E-state index in [0.29, 0.717) is 13.2 Å². The van der Waals surface area contributed by atoms with Gasteiger partial charge in [-0.15, -0.1) is 0 Å². The summed E-state index contributed by atoms with van der Waals surface area (Å²) in [5.74, 6) is -0.922. The fourth-order valence-electron chi connectivity index (χ4n) is 1.62. The molecule has 0 aliphatic carbocycles. The number of benzene rings is 1. The molecule has 0 heterocycles. The van der Waals surface area contributed by atoms with Crippen molar-refractivity contribution >= 4 is 11.6 Å². The van der Waals surface area contributed by atoms with Gasteiger partial charge in [-0.1, -0.05) is 0 Å². The highest BCUT2D eigenvalue weighted by Crippen LogP contribution is 2.13. The third kappa shape index (κ3) is 4.56. The number of rotatable bonds is 6. The van der Waals surface area contributed by atoms with Crippen LogP contribution in [0.2, 0.25) is 0 Å².